The lowest BCUT2D eigenvalue weighted by molar-refractivity contribution is 0.368. The Bertz CT molecular complexity index is 425. The molecule has 1 aromatic rings. The van der Waals surface area contributed by atoms with Crippen molar-refractivity contribution in [2.45, 2.75) is 45.2 Å². The van der Waals surface area contributed by atoms with Gasteiger partial charge in [-0.2, -0.15) is 0 Å². The molecule has 2 unspecified atom stereocenters. The van der Waals surface area contributed by atoms with E-state index < -0.39 is 0 Å². The fourth-order valence-electron chi connectivity index (χ4n) is 2.77. The lowest BCUT2D eigenvalue weighted by atomic mass is 9.97. The van der Waals surface area contributed by atoms with E-state index in [1.165, 1.54) is 12.5 Å². The van der Waals surface area contributed by atoms with Crippen LogP contribution in [0.5, 0.6) is 0 Å². The second-order valence-corrected chi connectivity index (χ2v) is 6.17. The van der Waals surface area contributed by atoms with Crippen LogP contribution in [0.2, 0.25) is 0 Å². The molecule has 0 bridgehead atoms. The minimum atomic E-state index is -0.170. The van der Waals surface area contributed by atoms with Crippen LogP contribution in [0.25, 0.3) is 0 Å². The van der Waals surface area contributed by atoms with Gasteiger partial charge in [0.15, 0.2) is 0 Å². The quantitative estimate of drug-likeness (QED) is 0.900. The molecule has 1 N–H and O–H groups in total. The van der Waals surface area contributed by atoms with Gasteiger partial charge in [0.1, 0.15) is 5.82 Å². The summed E-state index contributed by atoms with van der Waals surface area (Å²) >= 11 is 3.53. The van der Waals surface area contributed by atoms with Gasteiger partial charge in [0.25, 0.3) is 0 Å². The Balaban J connectivity index is 2.05. The highest BCUT2D eigenvalue weighted by Gasteiger charge is 2.26. The number of rotatable bonds is 4. The van der Waals surface area contributed by atoms with Gasteiger partial charge in [-0.1, -0.05) is 6.92 Å². The normalized spacial score (nSPS) is 23.7. The van der Waals surface area contributed by atoms with Gasteiger partial charge in [0.2, 0.25) is 0 Å². The summed E-state index contributed by atoms with van der Waals surface area (Å²) in [6.07, 6.45) is 3.40. The molecular weight excluding hydrogens is 307 g/mol. The Hall–Kier alpha value is -0.610. The third-order valence-electron chi connectivity index (χ3n) is 3.78. The number of nitrogens with zero attached hydrogens (tertiary/aromatic N) is 1. The minimum Gasteiger partial charge on any atom is -0.368 e. The van der Waals surface area contributed by atoms with Gasteiger partial charge in [-0.15, -0.1) is 0 Å². The van der Waals surface area contributed by atoms with Crippen molar-refractivity contribution in [1.82, 2.24) is 5.32 Å². The van der Waals surface area contributed by atoms with E-state index in [0.29, 0.717) is 12.1 Å². The molecule has 19 heavy (non-hydrogen) atoms. The van der Waals surface area contributed by atoms with Crippen LogP contribution in [-0.4, -0.2) is 25.2 Å². The summed E-state index contributed by atoms with van der Waals surface area (Å²) in [6.45, 7) is 6.47. The van der Waals surface area contributed by atoms with Crippen LogP contribution in [-0.2, 0) is 0 Å². The molecule has 2 nitrogen and oxygen atoms in total. The molecule has 0 aromatic heterocycles. The second kappa shape index (κ2) is 6.71. The average molecular weight is 329 g/mol. The molecule has 1 heterocycles. The van der Waals surface area contributed by atoms with Gasteiger partial charge in [-0.25, -0.2) is 4.39 Å². The number of benzene rings is 1. The highest BCUT2D eigenvalue weighted by Crippen LogP contribution is 2.32. The summed E-state index contributed by atoms with van der Waals surface area (Å²) in [5.41, 5.74) is 0.974. The first-order chi connectivity index (χ1) is 9.11. The fraction of sp³-hybridized carbons (Fsp3) is 0.600. The Morgan fingerprint density at radius 1 is 1.47 bits per heavy atom. The van der Waals surface area contributed by atoms with E-state index in [1.807, 2.05) is 0 Å². The molecule has 0 aliphatic carbocycles. The number of halogens is 2. The van der Waals surface area contributed by atoms with E-state index in [9.17, 15) is 4.39 Å². The lowest BCUT2D eigenvalue weighted by Gasteiger charge is -2.40. The molecule has 106 valence electrons. The third-order valence-corrected chi connectivity index (χ3v) is 4.45. The molecule has 1 fully saturated rings. The van der Waals surface area contributed by atoms with E-state index >= 15 is 0 Å². The first-order valence-corrected chi connectivity index (χ1v) is 7.86. The van der Waals surface area contributed by atoms with Gasteiger partial charge < -0.3 is 10.2 Å². The average Bonchev–Trinajstić information content (AvgIpc) is 2.40. The molecule has 1 aliphatic rings. The van der Waals surface area contributed by atoms with Gasteiger partial charge in [0, 0.05) is 23.1 Å². The van der Waals surface area contributed by atoms with Crippen LogP contribution in [0.3, 0.4) is 0 Å². The predicted molar refractivity (Wildman–Crippen MR) is 82.2 cm³/mol. The maximum Gasteiger partial charge on any atom is 0.125 e. The van der Waals surface area contributed by atoms with E-state index in [4.69, 9.17) is 0 Å². The zero-order valence-electron chi connectivity index (χ0n) is 11.6. The predicted octanol–water partition coefficient (Wildman–Crippen LogP) is 3.95. The van der Waals surface area contributed by atoms with Crippen LogP contribution in [0, 0.1) is 5.82 Å². The first kappa shape index (κ1) is 14.8. The Kier molecular flexibility index (Phi) is 5.22. The molecule has 0 spiro atoms. The monoisotopic (exact) mass is 328 g/mol. The number of hydrogen-bond donors (Lipinski definition) is 1. The molecule has 1 saturated heterocycles. The van der Waals surface area contributed by atoms with E-state index in [0.717, 1.165) is 36.1 Å². The summed E-state index contributed by atoms with van der Waals surface area (Å²) in [5, 5.41) is 3.59. The fourth-order valence-corrected chi connectivity index (χ4v) is 3.24. The highest BCUT2D eigenvalue weighted by molar-refractivity contribution is 9.10. The zero-order chi connectivity index (χ0) is 13.8. The van der Waals surface area contributed by atoms with Crippen LogP contribution >= 0.6 is 15.9 Å². The largest absolute Gasteiger partial charge is 0.368 e. The molecule has 1 aliphatic heterocycles. The number of hydrogen-bond acceptors (Lipinski definition) is 2. The zero-order valence-corrected chi connectivity index (χ0v) is 13.2. The van der Waals surface area contributed by atoms with Crippen LogP contribution in [0.1, 0.15) is 33.1 Å². The standard InChI is InChI=1S/C15H22BrFN2/c1-3-7-18-13-6-8-19(11(2)9-13)15-10-12(17)4-5-14(15)16/h4-5,10-11,13,18H,3,6-9H2,1-2H3. The van der Waals surface area contributed by atoms with Gasteiger partial charge in [-0.05, 0) is 66.9 Å². The number of piperidine rings is 1. The Morgan fingerprint density at radius 3 is 2.95 bits per heavy atom. The smallest absolute Gasteiger partial charge is 0.125 e. The lowest BCUT2D eigenvalue weighted by Crippen LogP contribution is -2.47. The van der Waals surface area contributed by atoms with Crippen molar-refractivity contribution in [3.63, 3.8) is 0 Å². The van der Waals surface area contributed by atoms with E-state index in [-0.39, 0.29) is 5.82 Å². The highest BCUT2D eigenvalue weighted by atomic mass is 79.9. The van der Waals surface area contributed by atoms with Gasteiger partial charge in [-0.3, -0.25) is 0 Å². The topological polar surface area (TPSA) is 15.3 Å². The Labute approximate surface area is 123 Å². The SMILES string of the molecule is CCCNC1CCN(c2cc(F)ccc2Br)C(C)C1. The molecule has 0 amide bonds. The minimum absolute atomic E-state index is 0.170. The third kappa shape index (κ3) is 3.69. The molecular formula is C15H22BrFN2. The molecule has 0 radical (unpaired) electrons. The summed E-state index contributed by atoms with van der Waals surface area (Å²) in [4.78, 5) is 2.30. The summed E-state index contributed by atoms with van der Waals surface area (Å²) in [5.74, 6) is -0.170. The van der Waals surface area contributed by atoms with Crippen LogP contribution in [0.15, 0.2) is 22.7 Å². The number of anilines is 1. The van der Waals surface area contributed by atoms with Crippen molar-refractivity contribution in [2.75, 3.05) is 18.0 Å². The first-order valence-electron chi connectivity index (χ1n) is 7.07. The van der Waals surface area contributed by atoms with Crippen molar-refractivity contribution < 1.29 is 4.39 Å². The van der Waals surface area contributed by atoms with Crippen LogP contribution in [0.4, 0.5) is 10.1 Å². The summed E-state index contributed by atoms with van der Waals surface area (Å²) < 4.78 is 14.4. The maximum absolute atomic E-state index is 13.4. The van der Waals surface area contributed by atoms with E-state index in [1.54, 1.807) is 12.1 Å². The number of nitrogens with one attached hydrogen (secondary N) is 1. The molecule has 2 rings (SSSR count). The molecule has 2 atom stereocenters. The molecule has 4 heteroatoms. The van der Waals surface area contributed by atoms with Crippen molar-refractivity contribution in [2.24, 2.45) is 0 Å². The summed E-state index contributed by atoms with van der Waals surface area (Å²) in [6, 6.07) is 5.94. The van der Waals surface area contributed by atoms with Crippen molar-refractivity contribution in [3.05, 3.63) is 28.5 Å². The van der Waals surface area contributed by atoms with Crippen molar-refractivity contribution in [1.29, 1.82) is 0 Å². The second-order valence-electron chi connectivity index (χ2n) is 5.31. The molecule has 1 aromatic carbocycles. The Morgan fingerprint density at radius 2 is 2.26 bits per heavy atom. The van der Waals surface area contributed by atoms with Crippen LogP contribution < -0.4 is 10.2 Å². The van der Waals surface area contributed by atoms with Crippen molar-refractivity contribution >= 4 is 21.6 Å². The van der Waals surface area contributed by atoms with Gasteiger partial charge >= 0.3 is 0 Å². The molecule has 0 saturated carbocycles. The summed E-state index contributed by atoms with van der Waals surface area (Å²) in [7, 11) is 0. The van der Waals surface area contributed by atoms with Gasteiger partial charge in [0.05, 0.1) is 5.69 Å². The van der Waals surface area contributed by atoms with Crippen molar-refractivity contribution in [3.8, 4) is 0 Å². The van der Waals surface area contributed by atoms with E-state index in [2.05, 4.69) is 40.0 Å². The maximum atomic E-state index is 13.4.